The first-order valence-corrected chi connectivity index (χ1v) is 11.0. The summed E-state index contributed by atoms with van der Waals surface area (Å²) in [6.45, 7) is 2.72. The molecule has 4 heterocycles. The molecular weight excluding hydrogens is 422 g/mol. The minimum Gasteiger partial charge on any atom is -0.490 e. The summed E-state index contributed by atoms with van der Waals surface area (Å²) in [6, 6.07) is 11.4. The van der Waals surface area contributed by atoms with Crippen molar-refractivity contribution in [3.8, 4) is 11.5 Å². The van der Waals surface area contributed by atoms with Crippen LogP contribution >= 0.6 is 0 Å². The smallest absolute Gasteiger partial charge is 0.227 e. The molecule has 2 aliphatic rings. The number of nitrogens with one attached hydrogen (secondary N) is 1. The fourth-order valence-electron chi connectivity index (χ4n) is 3.85. The Kier molecular flexibility index (Phi) is 6.30. The summed E-state index contributed by atoms with van der Waals surface area (Å²) in [6.07, 6.45) is 5.71. The normalized spacial score (nSPS) is 17.8. The van der Waals surface area contributed by atoms with Gasteiger partial charge in [0.2, 0.25) is 5.91 Å². The van der Waals surface area contributed by atoms with E-state index in [1.807, 2.05) is 41.3 Å². The number of morpholine rings is 1. The maximum Gasteiger partial charge on any atom is 0.227 e. The highest BCUT2D eigenvalue weighted by atomic mass is 16.5. The van der Waals surface area contributed by atoms with Crippen LogP contribution in [0.25, 0.3) is 0 Å². The third kappa shape index (κ3) is 5.20. The van der Waals surface area contributed by atoms with Crippen LogP contribution in [0.2, 0.25) is 0 Å². The van der Waals surface area contributed by atoms with E-state index in [2.05, 4.69) is 20.3 Å². The molecule has 2 aliphatic heterocycles. The van der Waals surface area contributed by atoms with Crippen LogP contribution in [-0.4, -0.2) is 58.7 Å². The molecule has 1 atom stereocenters. The average Bonchev–Trinajstić information content (AvgIpc) is 3.10. The molecule has 0 unspecified atom stereocenters. The van der Waals surface area contributed by atoms with Gasteiger partial charge in [-0.2, -0.15) is 0 Å². The zero-order valence-electron chi connectivity index (χ0n) is 18.1. The lowest BCUT2D eigenvalue weighted by Crippen LogP contribution is -2.43. The summed E-state index contributed by atoms with van der Waals surface area (Å²) >= 11 is 0. The van der Waals surface area contributed by atoms with E-state index in [0.717, 1.165) is 23.4 Å². The molecule has 1 saturated heterocycles. The molecule has 3 aromatic rings. The Morgan fingerprint density at radius 1 is 1.06 bits per heavy atom. The molecule has 9 heteroatoms. The topological polar surface area (TPSA) is 98.7 Å². The molecule has 5 rings (SSSR count). The number of pyridine rings is 1. The average molecular weight is 447 g/mol. The highest BCUT2D eigenvalue weighted by Gasteiger charge is 2.27. The molecule has 1 aromatic carbocycles. The zero-order chi connectivity index (χ0) is 22.5. The van der Waals surface area contributed by atoms with Gasteiger partial charge in [-0.1, -0.05) is 12.1 Å². The number of benzene rings is 1. The number of hydrogen-bond acceptors (Lipinski definition) is 8. The first kappa shape index (κ1) is 21.1. The molecule has 9 nitrogen and oxygen atoms in total. The van der Waals surface area contributed by atoms with Crippen molar-refractivity contribution in [2.24, 2.45) is 0 Å². The van der Waals surface area contributed by atoms with Gasteiger partial charge in [-0.05, 0) is 29.8 Å². The Balaban J connectivity index is 1.24. The van der Waals surface area contributed by atoms with E-state index in [9.17, 15) is 4.79 Å². The Morgan fingerprint density at radius 3 is 2.85 bits per heavy atom. The van der Waals surface area contributed by atoms with E-state index >= 15 is 0 Å². The van der Waals surface area contributed by atoms with Gasteiger partial charge in [0.05, 0.1) is 44.7 Å². The number of aromatic nitrogens is 3. The number of nitrogens with zero attached hydrogens (tertiary/aromatic N) is 4. The standard InChI is InChI=1S/C24H25N5O4/c30-24(14-17-5-6-19-20(13-17)32-11-2-10-31-19)29-9-12-33-21(16-29)18-3-1-4-22(27-18)28-23-15-25-7-8-26-23/h1,3-8,13,15,21H,2,9-12,14,16H2,(H,26,27,28)/t21-/m0/s1. The van der Waals surface area contributed by atoms with Gasteiger partial charge < -0.3 is 24.4 Å². The first-order valence-electron chi connectivity index (χ1n) is 11.0. The Hall–Kier alpha value is -3.72. The molecule has 1 N–H and O–H groups in total. The van der Waals surface area contributed by atoms with Crippen molar-refractivity contribution in [1.82, 2.24) is 19.9 Å². The van der Waals surface area contributed by atoms with Gasteiger partial charge in [-0.3, -0.25) is 9.78 Å². The fourth-order valence-corrected chi connectivity index (χ4v) is 3.85. The number of fused-ring (bicyclic) bond motifs is 1. The molecule has 0 bridgehead atoms. The number of amides is 1. The molecule has 33 heavy (non-hydrogen) atoms. The van der Waals surface area contributed by atoms with Crippen molar-refractivity contribution in [3.05, 3.63) is 66.2 Å². The van der Waals surface area contributed by atoms with Crippen LogP contribution in [-0.2, 0) is 16.0 Å². The minimum atomic E-state index is -0.296. The number of ether oxygens (including phenoxy) is 3. The van der Waals surface area contributed by atoms with Crippen molar-refractivity contribution in [2.45, 2.75) is 18.9 Å². The Bertz CT molecular complexity index is 1110. The number of carbonyl (C=O) groups is 1. The number of hydrogen-bond donors (Lipinski definition) is 1. The monoisotopic (exact) mass is 447 g/mol. The quantitative estimate of drug-likeness (QED) is 0.638. The molecule has 1 amide bonds. The Labute approximate surface area is 191 Å². The number of carbonyl (C=O) groups excluding carboxylic acids is 1. The maximum atomic E-state index is 13.0. The summed E-state index contributed by atoms with van der Waals surface area (Å²) in [5, 5.41) is 3.14. The predicted molar refractivity (Wildman–Crippen MR) is 121 cm³/mol. The van der Waals surface area contributed by atoms with Crippen molar-refractivity contribution < 1.29 is 19.0 Å². The molecular formula is C24H25N5O4. The van der Waals surface area contributed by atoms with E-state index in [0.29, 0.717) is 56.7 Å². The van der Waals surface area contributed by atoms with Crippen LogP contribution in [0.5, 0.6) is 11.5 Å². The van der Waals surface area contributed by atoms with Gasteiger partial charge in [-0.15, -0.1) is 0 Å². The summed E-state index contributed by atoms with van der Waals surface area (Å²) < 4.78 is 17.4. The summed E-state index contributed by atoms with van der Waals surface area (Å²) in [7, 11) is 0. The van der Waals surface area contributed by atoms with Crippen molar-refractivity contribution in [2.75, 3.05) is 38.2 Å². The van der Waals surface area contributed by atoms with Gasteiger partial charge in [0.1, 0.15) is 17.7 Å². The second-order valence-electron chi connectivity index (χ2n) is 7.87. The van der Waals surface area contributed by atoms with Gasteiger partial charge in [0, 0.05) is 25.4 Å². The third-order valence-corrected chi connectivity index (χ3v) is 5.51. The lowest BCUT2D eigenvalue weighted by molar-refractivity contribution is -0.138. The first-order chi connectivity index (χ1) is 16.2. The van der Waals surface area contributed by atoms with Crippen LogP contribution < -0.4 is 14.8 Å². The molecule has 0 aliphatic carbocycles. The highest BCUT2D eigenvalue weighted by molar-refractivity contribution is 5.79. The summed E-state index contributed by atoms with van der Waals surface area (Å²) in [4.78, 5) is 27.8. The molecule has 0 spiro atoms. The van der Waals surface area contributed by atoms with E-state index in [1.165, 1.54) is 0 Å². The van der Waals surface area contributed by atoms with Crippen LogP contribution in [0.3, 0.4) is 0 Å². The fraction of sp³-hybridized carbons (Fsp3) is 0.333. The van der Waals surface area contributed by atoms with Crippen LogP contribution in [0.4, 0.5) is 11.6 Å². The second-order valence-corrected chi connectivity index (χ2v) is 7.87. The van der Waals surface area contributed by atoms with E-state index in [-0.39, 0.29) is 12.0 Å². The molecule has 0 radical (unpaired) electrons. The van der Waals surface area contributed by atoms with Crippen LogP contribution in [0.15, 0.2) is 55.0 Å². The van der Waals surface area contributed by atoms with Gasteiger partial charge in [0.25, 0.3) is 0 Å². The van der Waals surface area contributed by atoms with E-state index in [4.69, 9.17) is 14.2 Å². The van der Waals surface area contributed by atoms with Crippen molar-refractivity contribution in [1.29, 1.82) is 0 Å². The summed E-state index contributed by atoms with van der Waals surface area (Å²) in [5.41, 5.74) is 1.66. The van der Waals surface area contributed by atoms with Gasteiger partial charge in [0.15, 0.2) is 11.5 Å². The Morgan fingerprint density at radius 2 is 1.97 bits per heavy atom. The zero-order valence-corrected chi connectivity index (χ0v) is 18.1. The van der Waals surface area contributed by atoms with Crippen molar-refractivity contribution in [3.63, 3.8) is 0 Å². The molecule has 170 valence electrons. The molecule has 1 fully saturated rings. The van der Waals surface area contributed by atoms with Crippen LogP contribution in [0.1, 0.15) is 23.8 Å². The predicted octanol–water partition coefficient (Wildman–Crippen LogP) is 2.92. The van der Waals surface area contributed by atoms with E-state index in [1.54, 1.807) is 18.6 Å². The van der Waals surface area contributed by atoms with Gasteiger partial charge >= 0.3 is 0 Å². The SMILES string of the molecule is O=C(Cc1ccc2c(c1)OCCCO2)N1CCO[C@H](c2cccc(Nc3cnccn3)n2)C1. The lowest BCUT2D eigenvalue weighted by atomic mass is 10.1. The largest absolute Gasteiger partial charge is 0.490 e. The van der Waals surface area contributed by atoms with Crippen LogP contribution in [0, 0.1) is 0 Å². The second kappa shape index (κ2) is 9.83. The van der Waals surface area contributed by atoms with E-state index < -0.39 is 0 Å². The van der Waals surface area contributed by atoms with Gasteiger partial charge in [-0.25, -0.2) is 9.97 Å². The highest BCUT2D eigenvalue weighted by Crippen LogP contribution is 2.31. The number of anilines is 2. The summed E-state index contributed by atoms with van der Waals surface area (Å²) in [5.74, 6) is 2.74. The van der Waals surface area contributed by atoms with Crippen molar-refractivity contribution >= 4 is 17.5 Å². The molecule has 2 aromatic heterocycles. The third-order valence-electron chi connectivity index (χ3n) is 5.51. The lowest BCUT2D eigenvalue weighted by Gasteiger charge is -2.33. The number of rotatable bonds is 5. The maximum absolute atomic E-state index is 13.0. The molecule has 0 saturated carbocycles. The minimum absolute atomic E-state index is 0.0478.